The van der Waals surface area contributed by atoms with Gasteiger partial charge in [-0.2, -0.15) is 0 Å². The SMILES string of the molecule is CC1(CNC(=O)Nc2ccncn2)CCOC1. The molecule has 1 aliphatic rings. The highest BCUT2D eigenvalue weighted by Gasteiger charge is 2.29. The highest BCUT2D eigenvalue weighted by molar-refractivity contribution is 5.88. The van der Waals surface area contributed by atoms with Gasteiger partial charge in [0.1, 0.15) is 12.1 Å². The summed E-state index contributed by atoms with van der Waals surface area (Å²) in [6.45, 7) is 4.17. The van der Waals surface area contributed by atoms with Crippen LogP contribution in [0.4, 0.5) is 10.6 Å². The molecular formula is C11H16N4O2. The molecule has 2 N–H and O–H groups in total. The van der Waals surface area contributed by atoms with Crippen molar-refractivity contribution in [3.05, 3.63) is 18.6 Å². The third kappa shape index (κ3) is 3.39. The molecule has 17 heavy (non-hydrogen) atoms. The maximum atomic E-state index is 11.6. The Morgan fingerprint density at radius 1 is 1.65 bits per heavy atom. The van der Waals surface area contributed by atoms with Crippen LogP contribution in [-0.2, 0) is 4.74 Å². The summed E-state index contributed by atoms with van der Waals surface area (Å²) >= 11 is 0. The number of nitrogens with zero attached hydrogens (tertiary/aromatic N) is 2. The van der Waals surface area contributed by atoms with Gasteiger partial charge < -0.3 is 10.1 Å². The number of carbonyl (C=O) groups excluding carboxylic acids is 1. The van der Waals surface area contributed by atoms with Crippen molar-refractivity contribution in [3.8, 4) is 0 Å². The molecule has 92 valence electrons. The predicted molar refractivity (Wildman–Crippen MR) is 62.6 cm³/mol. The molecule has 1 unspecified atom stereocenters. The number of carbonyl (C=O) groups is 1. The van der Waals surface area contributed by atoms with Crippen LogP contribution >= 0.6 is 0 Å². The third-order valence-corrected chi connectivity index (χ3v) is 2.80. The lowest BCUT2D eigenvalue weighted by Crippen LogP contribution is -2.38. The molecule has 2 heterocycles. The van der Waals surface area contributed by atoms with E-state index in [1.54, 1.807) is 12.3 Å². The summed E-state index contributed by atoms with van der Waals surface area (Å²) in [7, 11) is 0. The summed E-state index contributed by atoms with van der Waals surface area (Å²) in [5, 5.41) is 5.46. The lowest BCUT2D eigenvalue weighted by molar-refractivity contribution is 0.159. The summed E-state index contributed by atoms with van der Waals surface area (Å²) in [4.78, 5) is 19.3. The number of anilines is 1. The first-order valence-electron chi connectivity index (χ1n) is 5.57. The molecule has 2 rings (SSSR count). The number of hydrogen-bond acceptors (Lipinski definition) is 4. The van der Waals surface area contributed by atoms with Gasteiger partial charge in [0.25, 0.3) is 0 Å². The third-order valence-electron chi connectivity index (χ3n) is 2.80. The van der Waals surface area contributed by atoms with Crippen molar-refractivity contribution in [2.75, 3.05) is 25.1 Å². The topological polar surface area (TPSA) is 76.1 Å². The quantitative estimate of drug-likeness (QED) is 0.821. The molecule has 1 saturated heterocycles. The van der Waals surface area contributed by atoms with E-state index in [9.17, 15) is 4.79 Å². The van der Waals surface area contributed by atoms with Gasteiger partial charge in [-0.05, 0) is 12.5 Å². The molecule has 1 atom stereocenters. The summed E-state index contributed by atoms with van der Waals surface area (Å²) in [5.41, 5.74) is 0.0447. The molecule has 0 aromatic carbocycles. The van der Waals surface area contributed by atoms with Gasteiger partial charge in [-0.25, -0.2) is 14.8 Å². The molecule has 1 aromatic rings. The van der Waals surface area contributed by atoms with Crippen molar-refractivity contribution in [1.29, 1.82) is 0 Å². The second-order valence-corrected chi connectivity index (χ2v) is 4.52. The number of amides is 2. The van der Waals surface area contributed by atoms with Gasteiger partial charge in [0.15, 0.2) is 0 Å². The van der Waals surface area contributed by atoms with Crippen LogP contribution in [0.1, 0.15) is 13.3 Å². The number of nitrogens with one attached hydrogen (secondary N) is 2. The van der Waals surface area contributed by atoms with Gasteiger partial charge >= 0.3 is 6.03 Å². The van der Waals surface area contributed by atoms with E-state index in [1.807, 2.05) is 0 Å². The van der Waals surface area contributed by atoms with E-state index in [4.69, 9.17) is 4.74 Å². The van der Waals surface area contributed by atoms with E-state index < -0.39 is 0 Å². The van der Waals surface area contributed by atoms with Crippen molar-refractivity contribution >= 4 is 11.8 Å². The van der Waals surface area contributed by atoms with Crippen LogP contribution in [0.15, 0.2) is 18.6 Å². The Balaban J connectivity index is 1.78. The minimum absolute atomic E-state index is 0.0447. The average molecular weight is 236 g/mol. The normalized spacial score (nSPS) is 23.4. The number of hydrogen-bond donors (Lipinski definition) is 2. The minimum atomic E-state index is -0.253. The van der Waals surface area contributed by atoms with E-state index in [0.29, 0.717) is 19.0 Å². The lowest BCUT2D eigenvalue weighted by Gasteiger charge is -2.21. The Labute approximate surface area is 99.8 Å². The van der Waals surface area contributed by atoms with Crippen molar-refractivity contribution in [3.63, 3.8) is 0 Å². The largest absolute Gasteiger partial charge is 0.381 e. The summed E-state index contributed by atoms with van der Waals surface area (Å²) < 4.78 is 5.32. The molecule has 0 aliphatic carbocycles. The Kier molecular flexibility index (Phi) is 3.53. The average Bonchev–Trinajstić information content (AvgIpc) is 2.76. The van der Waals surface area contributed by atoms with E-state index in [1.165, 1.54) is 6.33 Å². The molecule has 0 spiro atoms. The Hall–Kier alpha value is -1.69. The second kappa shape index (κ2) is 5.09. The number of rotatable bonds is 3. The first-order valence-corrected chi connectivity index (χ1v) is 5.57. The Morgan fingerprint density at radius 2 is 2.53 bits per heavy atom. The first kappa shape index (κ1) is 11.8. The van der Waals surface area contributed by atoms with Crippen LogP contribution in [-0.4, -0.2) is 35.8 Å². The molecular weight excluding hydrogens is 220 g/mol. The first-order chi connectivity index (χ1) is 8.18. The van der Waals surface area contributed by atoms with Gasteiger partial charge in [0, 0.05) is 24.8 Å². The number of urea groups is 1. The van der Waals surface area contributed by atoms with Crippen molar-refractivity contribution < 1.29 is 9.53 Å². The zero-order chi connectivity index (χ0) is 12.1. The second-order valence-electron chi connectivity index (χ2n) is 4.52. The molecule has 0 bridgehead atoms. The molecule has 6 heteroatoms. The van der Waals surface area contributed by atoms with Crippen LogP contribution < -0.4 is 10.6 Å². The zero-order valence-electron chi connectivity index (χ0n) is 9.77. The molecule has 1 fully saturated rings. The van der Waals surface area contributed by atoms with Gasteiger partial charge in [-0.3, -0.25) is 5.32 Å². The van der Waals surface area contributed by atoms with Crippen LogP contribution in [0.25, 0.3) is 0 Å². The van der Waals surface area contributed by atoms with Gasteiger partial charge in [-0.15, -0.1) is 0 Å². The Bertz CT molecular complexity index is 376. The maximum Gasteiger partial charge on any atom is 0.320 e. The maximum absolute atomic E-state index is 11.6. The van der Waals surface area contributed by atoms with Crippen LogP contribution in [0.3, 0.4) is 0 Å². The van der Waals surface area contributed by atoms with Gasteiger partial charge in [0.2, 0.25) is 0 Å². The molecule has 6 nitrogen and oxygen atoms in total. The number of aromatic nitrogens is 2. The Morgan fingerprint density at radius 3 is 3.18 bits per heavy atom. The highest BCUT2D eigenvalue weighted by Crippen LogP contribution is 2.26. The zero-order valence-corrected chi connectivity index (χ0v) is 9.77. The van der Waals surface area contributed by atoms with Crippen LogP contribution in [0, 0.1) is 5.41 Å². The molecule has 0 radical (unpaired) electrons. The number of ether oxygens (including phenoxy) is 1. The summed E-state index contributed by atoms with van der Waals surface area (Å²) in [6.07, 6.45) is 3.94. The molecule has 1 aromatic heterocycles. The van der Waals surface area contributed by atoms with Gasteiger partial charge in [-0.1, -0.05) is 6.92 Å². The smallest absolute Gasteiger partial charge is 0.320 e. The fraction of sp³-hybridized carbons (Fsp3) is 0.545. The van der Waals surface area contributed by atoms with Crippen LogP contribution in [0.5, 0.6) is 0 Å². The van der Waals surface area contributed by atoms with E-state index in [2.05, 4.69) is 27.5 Å². The highest BCUT2D eigenvalue weighted by atomic mass is 16.5. The van der Waals surface area contributed by atoms with Crippen molar-refractivity contribution in [2.24, 2.45) is 5.41 Å². The standard InChI is InChI=1S/C11H16N4O2/c1-11(3-5-17-7-11)6-13-10(16)15-9-2-4-12-8-14-9/h2,4,8H,3,5-7H2,1H3,(H2,12,13,14,15,16). The van der Waals surface area contributed by atoms with Gasteiger partial charge in [0.05, 0.1) is 6.61 Å². The fourth-order valence-electron chi connectivity index (χ4n) is 1.67. The molecule has 0 saturated carbocycles. The van der Waals surface area contributed by atoms with E-state index in [0.717, 1.165) is 13.0 Å². The van der Waals surface area contributed by atoms with Crippen molar-refractivity contribution in [1.82, 2.24) is 15.3 Å². The van der Waals surface area contributed by atoms with Crippen molar-refractivity contribution in [2.45, 2.75) is 13.3 Å². The monoisotopic (exact) mass is 236 g/mol. The summed E-state index contributed by atoms with van der Waals surface area (Å²) in [5.74, 6) is 0.491. The fourth-order valence-corrected chi connectivity index (χ4v) is 1.67. The van der Waals surface area contributed by atoms with E-state index >= 15 is 0 Å². The van der Waals surface area contributed by atoms with Crippen LogP contribution in [0.2, 0.25) is 0 Å². The lowest BCUT2D eigenvalue weighted by atomic mass is 9.90. The molecule has 1 aliphatic heterocycles. The minimum Gasteiger partial charge on any atom is -0.381 e. The summed E-state index contributed by atoms with van der Waals surface area (Å²) in [6, 6.07) is 1.39. The molecule has 2 amide bonds. The predicted octanol–water partition coefficient (Wildman–Crippen LogP) is 1.02. The van der Waals surface area contributed by atoms with E-state index in [-0.39, 0.29) is 11.4 Å².